The van der Waals surface area contributed by atoms with Crippen LogP contribution in [-0.2, 0) is 0 Å². The van der Waals surface area contributed by atoms with E-state index in [4.69, 9.17) is 14.4 Å². The molecule has 0 aliphatic carbocycles. The number of para-hydroxylation sites is 1. The van der Waals surface area contributed by atoms with E-state index in [2.05, 4.69) is 193 Å². The maximum absolute atomic E-state index is 6.97. The molecule has 0 atom stereocenters. The molecule has 0 aliphatic heterocycles. The Kier molecular flexibility index (Phi) is 6.85. The summed E-state index contributed by atoms with van der Waals surface area (Å²) in [5, 5.41) is 10.6. The quantitative estimate of drug-likeness (QED) is 0.179. The second-order valence-electron chi connectivity index (χ2n) is 15.3. The number of aromatic nitrogens is 3. The predicted octanol–water partition coefficient (Wildman–Crippen LogP) is 15.1. The number of rotatable bonds is 4. The van der Waals surface area contributed by atoms with Crippen LogP contribution in [0.15, 0.2) is 192 Å². The molecule has 13 rings (SSSR count). The Morgan fingerprint density at radius 3 is 2.07 bits per heavy atom. The molecule has 5 heteroatoms. The van der Waals surface area contributed by atoms with Crippen LogP contribution in [-0.4, -0.2) is 14.5 Å². The maximum atomic E-state index is 6.97. The molecule has 0 spiro atoms. The Morgan fingerprint density at radius 1 is 0.475 bits per heavy atom. The summed E-state index contributed by atoms with van der Waals surface area (Å²) < 4.78 is 11.7. The van der Waals surface area contributed by atoms with Gasteiger partial charge >= 0.3 is 0 Å². The van der Waals surface area contributed by atoms with Crippen molar-refractivity contribution in [2.45, 2.75) is 0 Å². The van der Waals surface area contributed by atoms with Gasteiger partial charge in [-0.25, -0.2) is 9.97 Å². The number of fused-ring (bicyclic) bond motifs is 13. The first-order chi connectivity index (χ1) is 29.3. The van der Waals surface area contributed by atoms with Crippen molar-refractivity contribution in [1.29, 1.82) is 0 Å². The Hall–Kier alpha value is -7.60. The van der Waals surface area contributed by atoms with Gasteiger partial charge in [-0.3, -0.25) is 0 Å². The first kappa shape index (κ1) is 32.5. The second kappa shape index (κ2) is 12.4. The highest BCUT2D eigenvalue weighted by atomic mass is 32.1. The topological polar surface area (TPSA) is 43.9 Å². The molecule has 0 saturated heterocycles. The highest BCUT2D eigenvalue weighted by Crippen LogP contribution is 2.45. The summed E-state index contributed by atoms with van der Waals surface area (Å²) in [7, 11) is 0. The molecule has 4 nitrogen and oxygen atoms in total. The minimum absolute atomic E-state index is 0.640. The molecule has 4 aromatic heterocycles. The highest BCUT2D eigenvalue weighted by Gasteiger charge is 2.24. The first-order valence-corrected chi connectivity index (χ1v) is 20.7. The predicted molar refractivity (Wildman–Crippen MR) is 248 cm³/mol. The fraction of sp³-hybridized carbons (Fsp3) is 0. The lowest BCUT2D eigenvalue weighted by atomic mass is 10.0. The molecule has 4 heterocycles. The van der Waals surface area contributed by atoms with E-state index >= 15 is 0 Å². The van der Waals surface area contributed by atoms with Gasteiger partial charge in [0, 0.05) is 37.2 Å². The average molecular weight is 770 g/mol. The van der Waals surface area contributed by atoms with Gasteiger partial charge in [-0.05, 0) is 63.7 Å². The standard InChI is InChI=1S/C54H31N3OS/c1-2-13-32(14-3-1)35-17-10-18-36(31-35)49-53-50(39-21-8-9-26-46(39)59-53)56-54(55-49)42-23-11-22-41-48-43(24-12-25-45(48)58-52(41)42)57-44-30-28-33-15-4-6-19-37(33)47(44)40-29-27-34-16-5-7-20-38(34)51(40)57/h1-31H. The molecular formula is C54H31N3OS. The van der Waals surface area contributed by atoms with Crippen molar-refractivity contribution in [2.24, 2.45) is 0 Å². The van der Waals surface area contributed by atoms with E-state index in [1.165, 1.54) is 48.1 Å². The third kappa shape index (κ3) is 4.77. The second-order valence-corrected chi connectivity index (χ2v) is 16.3. The summed E-state index contributed by atoms with van der Waals surface area (Å²) in [4.78, 5) is 10.8. The number of hydrogen-bond donors (Lipinski definition) is 0. The van der Waals surface area contributed by atoms with Crippen LogP contribution in [0.25, 0.3) is 125 Å². The summed E-state index contributed by atoms with van der Waals surface area (Å²) >= 11 is 1.75. The van der Waals surface area contributed by atoms with Crippen molar-refractivity contribution in [2.75, 3.05) is 0 Å². The molecular weight excluding hydrogens is 739 g/mol. The van der Waals surface area contributed by atoms with Crippen LogP contribution >= 0.6 is 11.3 Å². The van der Waals surface area contributed by atoms with Crippen molar-refractivity contribution in [1.82, 2.24) is 14.5 Å². The number of thiophene rings is 1. The van der Waals surface area contributed by atoms with Gasteiger partial charge in [0.15, 0.2) is 5.82 Å². The zero-order valence-corrected chi connectivity index (χ0v) is 32.4. The lowest BCUT2D eigenvalue weighted by Crippen LogP contribution is -1.96. The first-order valence-electron chi connectivity index (χ1n) is 19.9. The molecule has 0 aliphatic rings. The Labute approximate surface area is 341 Å². The number of nitrogens with zero attached hydrogens (tertiary/aromatic N) is 3. The van der Waals surface area contributed by atoms with Crippen LogP contribution in [0.5, 0.6) is 0 Å². The third-order valence-corrected chi connectivity index (χ3v) is 13.2. The molecule has 0 unspecified atom stereocenters. The molecule has 0 bridgehead atoms. The lowest BCUT2D eigenvalue weighted by Gasteiger charge is -2.12. The Bertz CT molecular complexity index is 3860. The van der Waals surface area contributed by atoms with E-state index in [0.717, 1.165) is 71.1 Å². The van der Waals surface area contributed by atoms with Crippen molar-refractivity contribution < 1.29 is 4.42 Å². The van der Waals surface area contributed by atoms with E-state index in [9.17, 15) is 0 Å². The third-order valence-electron chi connectivity index (χ3n) is 12.0. The number of furan rings is 1. The van der Waals surface area contributed by atoms with E-state index in [1.54, 1.807) is 11.3 Å². The summed E-state index contributed by atoms with van der Waals surface area (Å²) in [5.41, 5.74) is 11.1. The van der Waals surface area contributed by atoms with Crippen LogP contribution in [0.2, 0.25) is 0 Å². The summed E-state index contributed by atoms with van der Waals surface area (Å²) in [6.07, 6.45) is 0. The van der Waals surface area contributed by atoms with E-state index in [0.29, 0.717) is 5.82 Å². The minimum atomic E-state index is 0.640. The maximum Gasteiger partial charge on any atom is 0.164 e. The zero-order chi connectivity index (χ0) is 38.6. The normalized spacial score (nSPS) is 12.1. The van der Waals surface area contributed by atoms with Crippen molar-refractivity contribution in [3.05, 3.63) is 188 Å². The average Bonchev–Trinajstić information content (AvgIpc) is 3.99. The van der Waals surface area contributed by atoms with Crippen molar-refractivity contribution in [3.63, 3.8) is 0 Å². The van der Waals surface area contributed by atoms with Gasteiger partial charge in [0.2, 0.25) is 0 Å². The largest absolute Gasteiger partial charge is 0.455 e. The van der Waals surface area contributed by atoms with E-state index < -0.39 is 0 Å². The van der Waals surface area contributed by atoms with Crippen LogP contribution in [0.3, 0.4) is 0 Å². The monoisotopic (exact) mass is 769 g/mol. The van der Waals surface area contributed by atoms with Gasteiger partial charge in [-0.1, -0.05) is 152 Å². The summed E-state index contributed by atoms with van der Waals surface area (Å²) in [5.74, 6) is 0.640. The molecule has 274 valence electrons. The molecule has 9 aromatic carbocycles. The summed E-state index contributed by atoms with van der Waals surface area (Å²) in [6.45, 7) is 0. The highest BCUT2D eigenvalue weighted by molar-refractivity contribution is 7.26. The van der Waals surface area contributed by atoms with Gasteiger partial charge < -0.3 is 8.98 Å². The van der Waals surface area contributed by atoms with Crippen LogP contribution < -0.4 is 0 Å². The molecule has 0 radical (unpaired) electrons. The van der Waals surface area contributed by atoms with Crippen LogP contribution in [0, 0.1) is 0 Å². The van der Waals surface area contributed by atoms with Crippen molar-refractivity contribution in [3.8, 4) is 39.5 Å². The smallest absolute Gasteiger partial charge is 0.164 e. The fourth-order valence-corrected chi connectivity index (χ4v) is 10.5. The SMILES string of the molecule is c1ccc(-c2cccc(-c3nc(-c4cccc5c4oc4cccc(-n6c7ccc8ccccc8c7c7ccc8ccccc8c76)c45)nc4c3sc3ccccc34)c2)cc1. The van der Waals surface area contributed by atoms with Gasteiger partial charge in [0.05, 0.1) is 43.6 Å². The van der Waals surface area contributed by atoms with E-state index in [1.807, 2.05) is 0 Å². The molecule has 0 N–H and O–H groups in total. The Balaban J connectivity index is 1.09. The molecule has 59 heavy (non-hydrogen) atoms. The number of hydrogen-bond acceptors (Lipinski definition) is 4. The molecule has 13 aromatic rings. The molecule has 0 fully saturated rings. The van der Waals surface area contributed by atoms with Gasteiger partial charge in [-0.2, -0.15) is 0 Å². The lowest BCUT2D eigenvalue weighted by molar-refractivity contribution is 0.669. The van der Waals surface area contributed by atoms with Gasteiger partial charge in [0.25, 0.3) is 0 Å². The van der Waals surface area contributed by atoms with Crippen LogP contribution in [0.1, 0.15) is 0 Å². The summed E-state index contributed by atoms with van der Waals surface area (Å²) in [6, 6.07) is 67.1. The Morgan fingerprint density at radius 2 is 1.17 bits per heavy atom. The van der Waals surface area contributed by atoms with Gasteiger partial charge in [0.1, 0.15) is 11.2 Å². The number of benzene rings is 9. The van der Waals surface area contributed by atoms with Crippen LogP contribution in [0.4, 0.5) is 0 Å². The molecule has 0 amide bonds. The molecule has 0 saturated carbocycles. The van der Waals surface area contributed by atoms with E-state index in [-0.39, 0.29) is 0 Å². The van der Waals surface area contributed by atoms with Gasteiger partial charge in [-0.15, -0.1) is 11.3 Å². The zero-order valence-electron chi connectivity index (χ0n) is 31.6. The van der Waals surface area contributed by atoms with Crippen molar-refractivity contribution >= 4 is 96.9 Å². The minimum Gasteiger partial charge on any atom is -0.455 e. The fourth-order valence-electron chi connectivity index (χ4n) is 9.37.